The SMILES string of the molecule is CCOC(=O)N1CCC(NCCc2ccc(F)cc2)CC1. The molecule has 0 bridgehead atoms. The van der Waals surface area contributed by atoms with E-state index in [1.54, 1.807) is 4.90 Å². The molecule has 1 fully saturated rings. The van der Waals surface area contributed by atoms with E-state index in [0.717, 1.165) is 44.5 Å². The van der Waals surface area contributed by atoms with Gasteiger partial charge in [-0.2, -0.15) is 0 Å². The van der Waals surface area contributed by atoms with Crippen LogP contribution in [0.3, 0.4) is 0 Å². The number of ether oxygens (including phenoxy) is 1. The largest absolute Gasteiger partial charge is 0.450 e. The summed E-state index contributed by atoms with van der Waals surface area (Å²) in [5, 5.41) is 3.50. The first-order valence-corrected chi connectivity index (χ1v) is 7.58. The van der Waals surface area contributed by atoms with Gasteiger partial charge in [0.2, 0.25) is 0 Å². The summed E-state index contributed by atoms with van der Waals surface area (Å²) in [5.74, 6) is -0.196. The maximum absolute atomic E-state index is 12.8. The van der Waals surface area contributed by atoms with Gasteiger partial charge in [-0.15, -0.1) is 0 Å². The molecular weight excluding hydrogens is 271 g/mol. The number of halogens is 1. The lowest BCUT2D eigenvalue weighted by molar-refractivity contribution is 0.0952. The normalized spacial score (nSPS) is 16.0. The minimum atomic E-state index is -0.206. The molecule has 1 heterocycles. The van der Waals surface area contributed by atoms with Gasteiger partial charge in [0.05, 0.1) is 6.61 Å². The van der Waals surface area contributed by atoms with E-state index in [0.29, 0.717) is 12.6 Å². The minimum absolute atomic E-state index is 0.196. The highest BCUT2D eigenvalue weighted by atomic mass is 19.1. The van der Waals surface area contributed by atoms with Gasteiger partial charge in [-0.3, -0.25) is 0 Å². The third-order valence-corrected chi connectivity index (χ3v) is 3.78. The van der Waals surface area contributed by atoms with Crippen LogP contribution in [0.4, 0.5) is 9.18 Å². The monoisotopic (exact) mass is 294 g/mol. The molecule has 0 unspecified atom stereocenters. The van der Waals surface area contributed by atoms with Gasteiger partial charge in [-0.25, -0.2) is 9.18 Å². The fourth-order valence-electron chi connectivity index (χ4n) is 2.55. The lowest BCUT2D eigenvalue weighted by Gasteiger charge is -2.31. The quantitative estimate of drug-likeness (QED) is 0.907. The second-order valence-electron chi connectivity index (χ2n) is 5.29. The molecule has 0 saturated carbocycles. The van der Waals surface area contributed by atoms with Gasteiger partial charge >= 0.3 is 6.09 Å². The van der Waals surface area contributed by atoms with Crippen LogP contribution in [-0.4, -0.2) is 43.3 Å². The molecule has 4 nitrogen and oxygen atoms in total. The zero-order chi connectivity index (χ0) is 15.1. The maximum Gasteiger partial charge on any atom is 0.409 e. The van der Waals surface area contributed by atoms with Crippen molar-refractivity contribution < 1.29 is 13.9 Å². The topological polar surface area (TPSA) is 41.6 Å². The predicted molar refractivity (Wildman–Crippen MR) is 79.7 cm³/mol. The summed E-state index contributed by atoms with van der Waals surface area (Å²) in [6.07, 6.45) is 2.57. The third kappa shape index (κ3) is 5.01. The average molecular weight is 294 g/mol. The summed E-state index contributed by atoms with van der Waals surface area (Å²) in [7, 11) is 0. The fraction of sp³-hybridized carbons (Fsp3) is 0.562. The number of carbonyl (C=O) groups excluding carboxylic acids is 1. The number of hydrogen-bond acceptors (Lipinski definition) is 3. The van der Waals surface area contributed by atoms with Crippen molar-refractivity contribution in [2.45, 2.75) is 32.2 Å². The molecule has 1 aromatic carbocycles. The molecule has 116 valence electrons. The molecule has 0 aromatic heterocycles. The number of likely N-dealkylation sites (tertiary alicyclic amines) is 1. The van der Waals surface area contributed by atoms with Crippen LogP contribution in [0.15, 0.2) is 24.3 Å². The Balaban J connectivity index is 1.65. The van der Waals surface area contributed by atoms with E-state index in [4.69, 9.17) is 4.74 Å². The summed E-state index contributed by atoms with van der Waals surface area (Å²) in [5.41, 5.74) is 1.13. The van der Waals surface area contributed by atoms with Crippen molar-refractivity contribution >= 4 is 6.09 Å². The van der Waals surface area contributed by atoms with Gasteiger partial charge in [-0.05, 0) is 50.4 Å². The van der Waals surface area contributed by atoms with Gasteiger partial charge in [-0.1, -0.05) is 12.1 Å². The van der Waals surface area contributed by atoms with Crippen molar-refractivity contribution in [2.75, 3.05) is 26.2 Å². The number of amides is 1. The lowest BCUT2D eigenvalue weighted by atomic mass is 10.0. The van der Waals surface area contributed by atoms with E-state index in [9.17, 15) is 9.18 Å². The first kappa shape index (κ1) is 15.8. The highest BCUT2D eigenvalue weighted by molar-refractivity contribution is 5.67. The molecule has 1 saturated heterocycles. The van der Waals surface area contributed by atoms with E-state index < -0.39 is 0 Å². The van der Waals surface area contributed by atoms with Crippen LogP contribution >= 0.6 is 0 Å². The Kier molecular flexibility index (Phi) is 5.99. The second kappa shape index (κ2) is 7.98. The van der Waals surface area contributed by atoms with Gasteiger partial charge < -0.3 is 15.0 Å². The van der Waals surface area contributed by atoms with Crippen molar-refractivity contribution in [2.24, 2.45) is 0 Å². The molecule has 2 rings (SSSR count). The van der Waals surface area contributed by atoms with Crippen LogP contribution in [0.2, 0.25) is 0 Å². The molecule has 1 aliphatic rings. The first-order chi connectivity index (χ1) is 10.2. The number of nitrogens with one attached hydrogen (secondary N) is 1. The molecule has 1 amide bonds. The van der Waals surface area contributed by atoms with Crippen LogP contribution in [0.5, 0.6) is 0 Å². The summed E-state index contributed by atoms with van der Waals surface area (Å²) in [4.78, 5) is 13.3. The minimum Gasteiger partial charge on any atom is -0.450 e. The molecule has 1 aliphatic heterocycles. The Bertz CT molecular complexity index is 442. The smallest absolute Gasteiger partial charge is 0.409 e. The van der Waals surface area contributed by atoms with Crippen molar-refractivity contribution in [3.05, 3.63) is 35.6 Å². The van der Waals surface area contributed by atoms with E-state index in [2.05, 4.69) is 5.32 Å². The van der Waals surface area contributed by atoms with Gasteiger partial charge in [0, 0.05) is 19.1 Å². The standard InChI is InChI=1S/C16H23FN2O2/c1-2-21-16(20)19-11-8-15(9-12-19)18-10-7-13-3-5-14(17)6-4-13/h3-6,15,18H,2,7-12H2,1H3. The van der Waals surface area contributed by atoms with Crippen molar-refractivity contribution in [3.8, 4) is 0 Å². The number of piperidine rings is 1. The predicted octanol–water partition coefficient (Wildman–Crippen LogP) is 2.58. The van der Waals surface area contributed by atoms with Gasteiger partial charge in [0.25, 0.3) is 0 Å². The van der Waals surface area contributed by atoms with Crippen LogP contribution in [0, 0.1) is 5.82 Å². The molecule has 1 N–H and O–H groups in total. The molecule has 21 heavy (non-hydrogen) atoms. The first-order valence-electron chi connectivity index (χ1n) is 7.58. The second-order valence-corrected chi connectivity index (χ2v) is 5.29. The lowest BCUT2D eigenvalue weighted by Crippen LogP contribution is -2.45. The zero-order valence-corrected chi connectivity index (χ0v) is 12.5. The Hall–Kier alpha value is -1.62. The van der Waals surface area contributed by atoms with Crippen LogP contribution in [0.1, 0.15) is 25.3 Å². The van der Waals surface area contributed by atoms with Gasteiger partial charge in [0.15, 0.2) is 0 Å². The average Bonchev–Trinajstić information content (AvgIpc) is 2.50. The number of benzene rings is 1. The Labute approximate surface area is 125 Å². The number of nitrogens with zero attached hydrogens (tertiary/aromatic N) is 1. The molecule has 0 radical (unpaired) electrons. The van der Waals surface area contributed by atoms with Crippen molar-refractivity contribution in [1.29, 1.82) is 0 Å². The third-order valence-electron chi connectivity index (χ3n) is 3.78. The van der Waals surface area contributed by atoms with E-state index >= 15 is 0 Å². The van der Waals surface area contributed by atoms with Crippen LogP contribution in [-0.2, 0) is 11.2 Å². The summed E-state index contributed by atoms with van der Waals surface area (Å²) < 4.78 is 17.8. The van der Waals surface area contributed by atoms with E-state index in [1.807, 2.05) is 19.1 Å². The zero-order valence-electron chi connectivity index (χ0n) is 12.5. The maximum atomic E-state index is 12.8. The van der Waals surface area contributed by atoms with Gasteiger partial charge in [0.1, 0.15) is 5.82 Å². The molecule has 1 aromatic rings. The van der Waals surface area contributed by atoms with Crippen LogP contribution in [0.25, 0.3) is 0 Å². The molecule has 0 atom stereocenters. The Morgan fingerprint density at radius 2 is 2.00 bits per heavy atom. The molecule has 5 heteroatoms. The molecule has 0 aliphatic carbocycles. The van der Waals surface area contributed by atoms with Crippen LogP contribution < -0.4 is 5.32 Å². The summed E-state index contributed by atoms with van der Waals surface area (Å²) in [6.45, 7) is 4.60. The van der Waals surface area contributed by atoms with Crippen molar-refractivity contribution in [1.82, 2.24) is 10.2 Å². The molecule has 0 spiro atoms. The summed E-state index contributed by atoms with van der Waals surface area (Å²) >= 11 is 0. The summed E-state index contributed by atoms with van der Waals surface area (Å²) in [6, 6.07) is 7.07. The number of hydrogen-bond donors (Lipinski definition) is 1. The molecular formula is C16H23FN2O2. The Morgan fingerprint density at radius 3 is 2.62 bits per heavy atom. The number of carbonyl (C=O) groups is 1. The Morgan fingerprint density at radius 1 is 1.33 bits per heavy atom. The fourth-order valence-corrected chi connectivity index (χ4v) is 2.55. The highest BCUT2D eigenvalue weighted by Crippen LogP contribution is 2.11. The van der Waals surface area contributed by atoms with E-state index in [1.165, 1.54) is 12.1 Å². The van der Waals surface area contributed by atoms with E-state index in [-0.39, 0.29) is 11.9 Å². The van der Waals surface area contributed by atoms with Crippen molar-refractivity contribution in [3.63, 3.8) is 0 Å². The number of rotatable bonds is 5. The highest BCUT2D eigenvalue weighted by Gasteiger charge is 2.22.